The molecule has 0 spiro atoms. The molecule has 122 valence electrons. The van der Waals surface area contributed by atoms with Gasteiger partial charge in [0.25, 0.3) is 5.91 Å². The smallest absolute Gasteiger partial charge is 0.279 e. The zero-order valence-corrected chi connectivity index (χ0v) is 13.5. The van der Waals surface area contributed by atoms with Gasteiger partial charge in [0.1, 0.15) is 17.7 Å². The molecule has 0 unspecified atom stereocenters. The summed E-state index contributed by atoms with van der Waals surface area (Å²) in [5.74, 6) is -1.35. The molecule has 1 atom stereocenters. The highest BCUT2D eigenvalue weighted by molar-refractivity contribution is 5.92. The lowest BCUT2D eigenvalue weighted by Crippen LogP contribution is -2.86. The van der Waals surface area contributed by atoms with E-state index in [0.717, 1.165) is 22.9 Å². The lowest BCUT2D eigenvalue weighted by molar-refractivity contribution is -0.682. The molecule has 2 aromatic carbocycles. The number of halogens is 2. The predicted molar refractivity (Wildman–Crippen MR) is 86.1 cm³/mol. The highest BCUT2D eigenvalue weighted by Gasteiger charge is 2.16. The molecule has 0 heterocycles. The van der Waals surface area contributed by atoms with Gasteiger partial charge in [0, 0.05) is 17.3 Å². The standard InChI is InChI=1S/C18H20F2N2O/c1-11-5-4-6-12(2)18(11)22-17(23)10-21-13(3)15-8-7-14(19)9-16(15)20/h4-9,13,21H,10H2,1-3H3,(H,22,23)/p+1/t13-/m0/s1. The van der Waals surface area contributed by atoms with E-state index in [2.05, 4.69) is 5.32 Å². The minimum atomic E-state index is -0.605. The van der Waals surface area contributed by atoms with Gasteiger partial charge in [0.2, 0.25) is 0 Å². The molecule has 2 rings (SSSR count). The quantitative estimate of drug-likeness (QED) is 0.874. The Balaban J connectivity index is 1.96. The van der Waals surface area contributed by atoms with Crippen LogP contribution in [0.5, 0.6) is 0 Å². The highest BCUT2D eigenvalue weighted by atomic mass is 19.1. The minimum absolute atomic E-state index is 0.156. The van der Waals surface area contributed by atoms with Crippen LogP contribution in [0.1, 0.15) is 29.7 Å². The van der Waals surface area contributed by atoms with Crippen molar-refractivity contribution in [2.45, 2.75) is 26.8 Å². The summed E-state index contributed by atoms with van der Waals surface area (Å²) in [6.45, 7) is 5.81. The largest absolute Gasteiger partial charge is 0.332 e. The normalized spacial score (nSPS) is 12.0. The second kappa shape index (κ2) is 7.33. The summed E-state index contributed by atoms with van der Waals surface area (Å²) in [4.78, 5) is 12.1. The van der Waals surface area contributed by atoms with Gasteiger partial charge in [-0.15, -0.1) is 0 Å². The van der Waals surface area contributed by atoms with Gasteiger partial charge in [-0.1, -0.05) is 18.2 Å². The van der Waals surface area contributed by atoms with Crippen molar-refractivity contribution in [2.24, 2.45) is 0 Å². The molecule has 23 heavy (non-hydrogen) atoms. The Morgan fingerprint density at radius 1 is 1.17 bits per heavy atom. The second-order valence-corrected chi connectivity index (χ2v) is 5.71. The molecule has 0 aliphatic heterocycles. The lowest BCUT2D eigenvalue weighted by atomic mass is 10.1. The third-order valence-electron chi connectivity index (χ3n) is 3.86. The van der Waals surface area contributed by atoms with Crippen molar-refractivity contribution < 1.29 is 18.9 Å². The summed E-state index contributed by atoms with van der Waals surface area (Å²) >= 11 is 0. The van der Waals surface area contributed by atoms with Crippen molar-refractivity contribution in [1.29, 1.82) is 0 Å². The van der Waals surface area contributed by atoms with Crippen LogP contribution in [-0.4, -0.2) is 12.5 Å². The first-order valence-electron chi connectivity index (χ1n) is 7.53. The lowest BCUT2D eigenvalue weighted by Gasteiger charge is -2.14. The fraction of sp³-hybridized carbons (Fsp3) is 0.278. The summed E-state index contributed by atoms with van der Waals surface area (Å²) in [6.07, 6.45) is 0. The predicted octanol–water partition coefficient (Wildman–Crippen LogP) is 2.84. The van der Waals surface area contributed by atoms with Gasteiger partial charge in [-0.2, -0.15) is 0 Å². The summed E-state index contributed by atoms with van der Waals surface area (Å²) in [5, 5.41) is 4.61. The zero-order chi connectivity index (χ0) is 17.0. The Bertz CT molecular complexity index is 696. The molecule has 0 bridgehead atoms. The molecule has 0 aliphatic carbocycles. The van der Waals surface area contributed by atoms with Gasteiger partial charge in [-0.25, -0.2) is 8.78 Å². The first kappa shape index (κ1) is 17.1. The van der Waals surface area contributed by atoms with Gasteiger partial charge in [-0.05, 0) is 44.0 Å². The van der Waals surface area contributed by atoms with E-state index in [0.29, 0.717) is 5.56 Å². The third kappa shape index (κ3) is 4.36. The Morgan fingerprint density at radius 3 is 2.43 bits per heavy atom. The van der Waals surface area contributed by atoms with Gasteiger partial charge >= 0.3 is 0 Å². The number of nitrogens with two attached hydrogens (primary N) is 1. The number of carbonyl (C=O) groups is 1. The van der Waals surface area contributed by atoms with Gasteiger partial charge in [-0.3, -0.25) is 4.79 Å². The molecule has 0 aromatic heterocycles. The van der Waals surface area contributed by atoms with Crippen molar-refractivity contribution in [3.05, 3.63) is 64.7 Å². The van der Waals surface area contributed by atoms with E-state index in [1.165, 1.54) is 12.1 Å². The number of hydrogen-bond acceptors (Lipinski definition) is 1. The average molecular weight is 319 g/mol. The number of carbonyl (C=O) groups excluding carboxylic acids is 1. The zero-order valence-electron chi connectivity index (χ0n) is 13.5. The maximum Gasteiger partial charge on any atom is 0.279 e. The SMILES string of the molecule is Cc1cccc(C)c1NC(=O)C[NH2+][C@@H](C)c1ccc(F)cc1F. The van der Waals surface area contributed by atoms with E-state index in [1.54, 1.807) is 12.2 Å². The van der Waals surface area contributed by atoms with E-state index in [9.17, 15) is 13.6 Å². The van der Waals surface area contributed by atoms with E-state index in [-0.39, 0.29) is 18.5 Å². The first-order valence-corrected chi connectivity index (χ1v) is 7.53. The molecule has 0 fully saturated rings. The van der Waals surface area contributed by atoms with Crippen LogP contribution in [0.15, 0.2) is 36.4 Å². The molecule has 0 saturated carbocycles. The Morgan fingerprint density at radius 2 is 1.83 bits per heavy atom. The first-order chi connectivity index (χ1) is 10.9. The van der Waals surface area contributed by atoms with Crippen molar-refractivity contribution >= 4 is 11.6 Å². The van der Waals surface area contributed by atoms with Crippen LogP contribution in [0.3, 0.4) is 0 Å². The Labute approximate surface area is 134 Å². The van der Waals surface area contributed by atoms with Gasteiger partial charge in [0.15, 0.2) is 6.54 Å². The molecule has 2 aromatic rings. The van der Waals surface area contributed by atoms with Crippen LogP contribution in [0.2, 0.25) is 0 Å². The van der Waals surface area contributed by atoms with E-state index in [1.807, 2.05) is 32.0 Å². The molecular weight excluding hydrogens is 298 g/mol. The van der Waals surface area contributed by atoms with Crippen molar-refractivity contribution in [1.82, 2.24) is 0 Å². The second-order valence-electron chi connectivity index (χ2n) is 5.71. The van der Waals surface area contributed by atoms with Crippen molar-refractivity contribution in [3.63, 3.8) is 0 Å². The molecule has 5 heteroatoms. The fourth-order valence-corrected chi connectivity index (χ4v) is 2.48. The van der Waals surface area contributed by atoms with E-state index >= 15 is 0 Å². The monoisotopic (exact) mass is 319 g/mol. The van der Waals surface area contributed by atoms with Crippen LogP contribution in [0.25, 0.3) is 0 Å². The highest BCUT2D eigenvalue weighted by Crippen LogP contribution is 2.19. The maximum atomic E-state index is 13.7. The summed E-state index contributed by atoms with van der Waals surface area (Å²) < 4.78 is 26.6. The molecule has 1 amide bonds. The third-order valence-corrected chi connectivity index (χ3v) is 3.86. The fourth-order valence-electron chi connectivity index (χ4n) is 2.48. The molecule has 0 saturated heterocycles. The van der Waals surface area contributed by atoms with Crippen LogP contribution in [0, 0.1) is 25.5 Å². The molecule has 0 aliphatic rings. The number of para-hydroxylation sites is 1. The van der Waals surface area contributed by atoms with Gasteiger partial charge < -0.3 is 10.6 Å². The summed E-state index contributed by atoms with van der Waals surface area (Å²) in [5.41, 5.74) is 3.18. The Hall–Kier alpha value is -2.27. The number of rotatable bonds is 5. The number of amides is 1. The van der Waals surface area contributed by atoms with Crippen LogP contribution in [0.4, 0.5) is 14.5 Å². The minimum Gasteiger partial charge on any atom is -0.332 e. The summed E-state index contributed by atoms with van der Waals surface area (Å²) in [6, 6.07) is 9.02. The van der Waals surface area contributed by atoms with Crippen LogP contribution >= 0.6 is 0 Å². The van der Waals surface area contributed by atoms with E-state index in [4.69, 9.17) is 0 Å². The molecular formula is C18H21F2N2O+. The molecule has 0 radical (unpaired) electrons. The number of hydrogen-bond donors (Lipinski definition) is 2. The maximum absolute atomic E-state index is 13.7. The van der Waals surface area contributed by atoms with Crippen molar-refractivity contribution in [2.75, 3.05) is 11.9 Å². The number of benzene rings is 2. The number of nitrogens with one attached hydrogen (secondary N) is 1. The molecule has 3 N–H and O–H groups in total. The van der Waals surface area contributed by atoms with Gasteiger partial charge in [0.05, 0.1) is 0 Å². The van der Waals surface area contributed by atoms with Crippen LogP contribution in [-0.2, 0) is 4.79 Å². The number of quaternary nitrogens is 1. The summed E-state index contributed by atoms with van der Waals surface area (Å²) in [7, 11) is 0. The van der Waals surface area contributed by atoms with Crippen molar-refractivity contribution in [3.8, 4) is 0 Å². The number of anilines is 1. The number of aryl methyl sites for hydroxylation is 2. The molecule has 3 nitrogen and oxygen atoms in total. The average Bonchev–Trinajstić information content (AvgIpc) is 2.49. The topological polar surface area (TPSA) is 45.7 Å². The van der Waals surface area contributed by atoms with E-state index < -0.39 is 11.6 Å². The van der Waals surface area contributed by atoms with Crippen LogP contribution < -0.4 is 10.6 Å². The Kier molecular flexibility index (Phi) is 5.45.